The number of carbonyl (C=O) groups is 2. The fourth-order valence-electron chi connectivity index (χ4n) is 6.05. The summed E-state index contributed by atoms with van der Waals surface area (Å²) in [6.07, 6.45) is 5.75. The lowest BCUT2D eigenvalue weighted by Crippen LogP contribution is -2.54. The molecule has 1 saturated carbocycles. The molecule has 37 heavy (non-hydrogen) atoms. The van der Waals surface area contributed by atoms with E-state index in [4.69, 9.17) is 0 Å². The summed E-state index contributed by atoms with van der Waals surface area (Å²) in [5.41, 5.74) is 6.52. The van der Waals surface area contributed by atoms with Crippen molar-refractivity contribution < 1.29 is 9.59 Å². The molecule has 0 unspecified atom stereocenters. The number of nitrogens with zero attached hydrogens (tertiary/aromatic N) is 2. The number of amides is 2. The number of carbonyl (C=O) groups excluding carboxylic acids is 2. The second-order valence-electron chi connectivity index (χ2n) is 10.3. The van der Waals surface area contributed by atoms with Crippen molar-refractivity contribution in [2.75, 3.05) is 26.7 Å². The number of hydrogen-bond acceptors (Lipinski definition) is 3. The molecule has 4 rings (SSSR count). The fraction of sp³-hybridized carbons (Fsp3) is 0.484. The second-order valence-corrected chi connectivity index (χ2v) is 10.3. The summed E-state index contributed by atoms with van der Waals surface area (Å²) in [7, 11) is 3.84. The average Bonchev–Trinajstić information content (AvgIpc) is 3.51. The van der Waals surface area contributed by atoms with Crippen molar-refractivity contribution in [2.45, 2.75) is 64.8 Å². The monoisotopic (exact) mass is 502 g/mol. The Labute approximate surface area is 221 Å². The highest BCUT2D eigenvalue weighted by atomic mass is 16.2. The maximum atomic E-state index is 13.2. The largest absolute Gasteiger partial charge is 0.358 e. The van der Waals surface area contributed by atoms with Crippen LogP contribution in [0.4, 0.5) is 0 Å². The van der Waals surface area contributed by atoms with Gasteiger partial charge >= 0.3 is 0 Å². The van der Waals surface area contributed by atoms with Gasteiger partial charge in [0.2, 0.25) is 5.91 Å². The van der Waals surface area contributed by atoms with E-state index in [2.05, 4.69) is 66.4 Å². The molecule has 2 N–H and O–H groups in total. The minimum Gasteiger partial charge on any atom is -0.358 e. The summed E-state index contributed by atoms with van der Waals surface area (Å²) >= 11 is 0. The van der Waals surface area contributed by atoms with Crippen LogP contribution in [0.3, 0.4) is 0 Å². The standard InChI is InChI=1S/C31H42N4O2/c1-6-27-22(3)26-21-25(15-16-28(26)34(27)5)23-11-13-24(14-12-23)29(36)35(7-2)20-10-19-33-31(30(37)32-4)17-8-9-18-31/h11-16,21,33H,6-10,17-20H2,1-5H3,(H,32,37). The first-order valence-corrected chi connectivity index (χ1v) is 13.8. The van der Waals surface area contributed by atoms with Gasteiger partial charge in [-0.1, -0.05) is 38.0 Å². The third-order valence-corrected chi connectivity index (χ3v) is 8.26. The predicted octanol–water partition coefficient (Wildman–Crippen LogP) is 5.22. The van der Waals surface area contributed by atoms with Gasteiger partial charge in [-0.25, -0.2) is 0 Å². The molecule has 1 aliphatic rings. The van der Waals surface area contributed by atoms with E-state index >= 15 is 0 Å². The number of nitrogens with one attached hydrogen (secondary N) is 2. The molecule has 3 aromatic rings. The first-order valence-electron chi connectivity index (χ1n) is 13.8. The number of fused-ring (bicyclic) bond motifs is 1. The van der Waals surface area contributed by atoms with Gasteiger partial charge in [0.25, 0.3) is 5.91 Å². The molecule has 0 spiro atoms. The van der Waals surface area contributed by atoms with Gasteiger partial charge in [0.05, 0.1) is 5.54 Å². The minimum atomic E-state index is -0.439. The molecule has 0 saturated heterocycles. The summed E-state index contributed by atoms with van der Waals surface area (Å²) in [5, 5.41) is 7.61. The van der Waals surface area contributed by atoms with Crippen molar-refractivity contribution in [3.05, 3.63) is 59.3 Å². The Balaban J connectivity index is 1.40. The molecule has 1 heterocycles. The summed E-state index contributed by atoms with van der Waals surface area (Å²) in [6.45, 7) is 8.46. The lowest BCUT2D eigenvalue weighted by molar-refractivity contribution is -0.127. The van der Waals surface area contributed by atoms with E-state index in [1.165, 1.54) is 27.7 Å². The van der Waals surface area contributed by atoms with Gasteiger partial charge in [-0.05, 0) is 87.0 Å². The summed E-state index contributed by atoms with van der Waals surface area (Å²) in [6, 6.07) is 14.6. The van der Waals surface area contributed by atoms with E-state index < -0.39 is 5.54 Å². The Hall–Kier alpha value is -3.12. The third-order valence-electron chi connectivity index (χ3n) is 8.26. The molecule has 1 aliphatic carbocycles. The van der Waals surface area contributed by atoms with Crippen LogP contribution in [0.25, 0.3) is 22.0 Å². The number of aromatic nitrogens is 1. The molecule has 0 atom stereocenters. The number of benzene rings is 2. The topological polar surface area (TPSA) is 66.4 Å². The molecule has 1 fully saturated rings. The Morgan fingerprint density at radius 1 is 1.03 bits per heavy atom. The van der Waals surface area contributed by atoms with E-state index in [1.807, 2.05) is 24.0 Å². The van der Waals surface area contributed by atoms with Crippen molar-refractivity contribution in [3.8, 4) is 11.1 Å². The van der Waals surface area contributed by atoms with Gasteiger partial charge in [-0.15, -0.1) is 0 Å². The maximum Gasteiger partial charge on any atom is 0.253 e. The lowest BCUT2D eigenvalue weighted by Gasteiger charge is -2.29. The SMILES string of the molecule is CCc1c(C)c2cc(-c3ccc(C(=O)N(CC)CCCNC4(C(=O)NC)CCCC4)cc3)ccc2n1C. The van der Waals surface area contributed by atoms with Gasteiger partial charge in [-0.3, -0.25) is 9.59 Å². The molecule has 0 aliphatic heterocycles. The second kappa shape index (κ2) is 11.5. The third kappa shape index (κ3) is 5.30. The van der Waals surface area contributed by atoms with Crippen LogP contribution in [0.5, 0.6) is 0 Å². The van der Waals surface area contributed by atoms with Crippen LogP contribution in [0.15, 0.2) is 42.5 Å². The van der Waals surface area contributed by atoms with E-state index in [9.17, 15) is 9.59 Å². The minimum absolute atomic E-state index is 0.0536. The zero-order valence-corrected chi connectivity index (χ0v) is 23.1. The molecule has 2 amide bonds. The van der Waals surface area contributed by atoms with E-state index in [0.717, 1.165) is 50.6 Å². The first kappa shape index (κ1) is 26.9. The Morgan fingerprint density at radius 2 is 1.70 bits per heavy atom. The molecule has 198 valence electrons. The smallest absolute Gasteiger partial charge is 0.253 e. The van der Waals surface area contributed by atoms with E-state index in [-0.39, 0.29) is 11.8 Å². The van der Waals surface area contributed by atoms with Crippen LogP contribution < -0.4 is 10.6 Å². The molecule has 0 bridgehead atoms. The highest BCUT2D eigenvalue weighted by molar-refractivity contribution is 5.95. The first-order chi connectivity index (χ1) is 17.8. The Kier molecular flexibility index (Phi) is 8.38. The van der Waals surface area contributed by atoms with Crippen LogP contribution in [-0.4, -0.2) is 53.5 Å². The molecule has 6 nitrogen and oxygen atoms in total. The van der Waals surface area contributed by atoms with Crippen LogP contribution in [0, 0.1) is 6.92 Å². The van der Waals surface area contributed by atoms with Crippen molar-refractivity contribution in [1.29, 1.82) is 0 Å². The molecule has 6 heteroatoms. The van der Waals surface area contributed by atoms with Gasteiger partial charge in [0, 0.05) is 49.3 Å². The zero-order chi connectivity index (χ0) is 26.6. The van der Waals surface area contributed by atoms with Crippen LogP contribution in [-0.2, 0) is 18.3 Å². The number of likely N-dealkylation sites (N-methyl/N-ethyl adjacent to an activating group) is 1. The van der Waals surface area contributed by atoms with Gasteiger partial charge < -0.3 is 20.1 Å². The molecule has 2 aromatic carbocycles. The molecule has 1 aromatic heterocycles. The van der Waals surface area contributed by atoms with Gasteiger partial charge in [0.1, 0.15) is 0 Å². The van der Waals surface area contributed by atoms with Crippen molar-refractivity contribution in [1.82, 2.24) is 20.1 Å². The van der Waals surface area contributed by atoms with Gasteiger partial charge in [-0.2, -0.15) is 0 Å². The molecular formula is C31H42N4O2. The van der Waals surface area contributed by atoms with Crippen LogP contribution in [0.2, 0.25) is 0 Å². The summed E-state index contributed by atoms with van der Waals surface area (Å²) in [4.78, 5) is 27.5. The van der Waals surface area contributed by atoms with E-state index in [0.29, 0.717) is 18.7 Å². The summed E-state index contributed by atoms with van der Waals surface area (Å²) in [5.74, 6) is 0.138. The zero-order valence-electron chi connectivity index (χ0n) is 23.1. The Bertz CT molecular complexity index is 1250. The maximum absolute atomic E-state index is 13.2. The molecule has 0 radical (unpaired) electrons. The highest BCUT2D eigenvalue weighted by Gasteiger charge is 2.39. The number of rotatable bonds is 10. The van der Waals surface area contributed by atoms with Crippen LogP contribution in [0.1, 0.15) is 67.6 Å². The van der Waals surface area contributed by atoms with Gasteiger partial charge in [0.15, 0.2) is 0 Å². The van der Waals surface area contributed by atoms with Crippen molar-refractivity contribution >= 4 is 22.7 Å². The van der Waals surface area contributed by atoms with Crippen molar-refractivity contribution in [2.24, 2.45) is 7.05 Å². The number of aryl methyl sites for hydroxylation is 2. The normalized spacial score (nSPS) is 14.7. The van der Waals surface area contributed by atoms with Crippen LogP contribution >= 0.6 is 0 Å². The Morgan fingerprint density at radius 3 is 2.32 bits per heavy atom. The molecular weight excluding hydrogens is 460 g/mol. The predicted molar refractivity (Wildman–Crippen MR) is 152 cm³/mol. The fourth-order valence-corrected chi connectivity index (χ4v) is 6.05. The van der Waals surface area contributed by atoms with E-state index in [1.54, 1.807) is 7.05 Å². The highest BCUT2D eigenvalue weighted by Crippen LogP contribution is 2.31. The summed E-state index contributed by atoms with van der Waals surface area (Å²) < 4.78 is 2.29. The average molecular weight is 503 g/mol. The van der Waals surface area contributed by atoms with Crippen molar-refractivity contribution in [3.63, 3.8) is 0 Å². The quantitative estimate of drug-likeness (QED) is 0.374. The number of hydrogen-bond donors (Lipinski definition) is 2. The lowest BCUT2D eigenvalue weighted by atomic mass is 9.96.